The molecule has 0 aliphatic carbocycles. The molecule has 0 unspecified atom stereocenters. The van der Waals surface area contributed by atoms with E-state index in [0.717, 1.165) is 25.0 Å². The first-order valence-electron chi connectivity index (χ1n) is 6.13. The standard InChI is InChI=1S/C12H20ClN3O/c1-3-10-9-11(16(4-2)15-10)12(17)14-8-6-5-7-13/h9H,3-8H2,1-2H3,(H,14,17). The van der Waals surface area contributed by atoms with E-state index in [1.165, 1.54) is 0 Å². The predicted octanol–water partition coefficient (Wildman–Crippen LogP) is 2.21. The number of hydrogen-bond acceptors (Lipinski definition) is 2. The third kappa shape index (κ3) is 4.04. The molecule has 0 aliphatic rings. The molecule has 0 aliphatic heterocycles. The normalized spacial score (nSPS) is 10.5. The number of unbranched alkanes of at least 4 members (excludes halogenated alkanes) is 1. The van der Waals surface area contributed by atoms with Crippen molar-refractivity contribution < 1.29 is 4.79 Å². The molecular weight excluding hydrogens is 238 g/mol. The Hall–Kier alpha value is -1.03. The van der Waals surface area contributed by atoms with Gasteiger partial charge in [-0.2, -0.15) is 5.10 Å². The molecule has 96 valence electrons. The lowest BCUT2D eigenvalue weighted by Crippen LogP contribution is -2.27. The van der Waals surface area contributed by atoms with Crippen molar-refractivity contribution in [2.45, 2.75) is 39.7 Å². The number of rotatable bonds is 7. The molecule has 1 aromatic heterocycles. The van der Waals surface area contributed by atoms with Crippen LogP contribution in [0.2, 0.25) is 0 Å². The predicted molar refractivity (Wildman–Crippen MR) is 69.6 cm³/mol. The van der Waals surface area contributed by atoms with Gasteiger partial charge in [-0.3, -0.25) is 9.48 Å². The first kappa shape index (κ1) is 14.0. The molecule has 17 heavy (non-hydrogen) atoms. The van der Waals surface area contributed by atoms with Gasteiger partial charge in [-0.15, -0.1) is 11.6 Å². The molecule has 0 atom stereocenters. The van der Waals surface area contributed by atoms with Crippen molar-refractivity contribution in [2.24, 2.45) is 0 Å². The molecule has 1 aromatic rings. The molecule has 4 nitrogen and oxygen atoms in total. The van der Waals surface area contributed by atoms with Crippen molar-refractivity contribution in [2.75, 3.05) is 12.4 Å². The quantitative estimate of drug-likeness (QED) is 0.601. The van der Waals surface area contributed by atoms with Crippen molar-refractivity contribution in [3.05, 3.63) is 17.5 Å². The molecule has 5 heteroatoms. The van der Waals surface area contributed by atoms with Gasteiger partial charge in [-0.1, -0.05) is 6.92 Å². The minimum atomic E-state index is -0.0476. The van der Waals surface area contributed by atoms with Crippen LogP contribution < -0.4 is 5.32 Å². The van der Waals surface area contributed by atoms with E-state index in [4.69, 9.17) is 11.6 Å². The van der Waals surface area contributed by atoms with Crippen molar-refractivity contribution >= 4 is 17.5 Å². The van der Waals surface area contributed by atoms with E-state index in [0.29, 0.717) is 24.7 Å². The Morgan fingerprint density at radius 3 is 2.82 bits per heavy atom. The van der Waals surface area contributed by atoms with Crippen LogP contribution in [0.15, 0.2) is 6.07 Å². The Bertz CT molecular complexity index is 363. The SMILES string of the molecule is CCc1cc(C(=O)NCCCCCl)n(CC)n1. The molecule has 1 rings (SSSR count). The summed E-state index contributed by atoms with van der Waals surface area (Å²) in [7, 11) is 0. The Morgan fingerprint density at radius 1 is 1.47 bits per heavy atom. The molecule has 0 spiro atoms. The minimum Gasteiger partial charge on any atom is -0.351 e. The van der Waals surface area contributed by atoms with Gasteiger partial charge in [-0.25, -0.2) is 0 Å². The van der Waals surface area contributed by atoms with Crippen LogP contribution in [-0.4, -0.2) is 28.1 Å². The third-order valence-electron chi connectivity index (χ3n) is 2.57. The van der Waals surface area contributed by atoms with Gasteiger partial charge >= 0.3 is 0 Å². The molecule has 1 heterocycles. The van der Waals surface area contributed by atoms with Gasteiger partial charge in [-0.05, 0) is 32.3 Å². The van der Waals surface area contributed by atoms with Crippen LogP contribution in [0.3, 0.4) is 0 Å². The maximum atomic E-state index is 11.9. The van der Waals surface area contributed by atoms with Crippen molar-refractivity contribution in [3.8, 4) is 0 Å². The van der Waals surface area contributed by atoms with E-state index in [-0.39, 0.29) is 5.91 Å². The number of hydrogen-bond donors (Lipinski definition) is 1. The van der Waals surface area contributed by atoms with E-state index >= 15 is 0 Å². The fraction of sp³-hybridized carbons (Fsp3) is 0.667. The third-order valence-corrected chi connectivity index (χ3v) is 2.84. The Kier molecular flexibility index (Phi) is 6.05. The van der Waals surface area contributed by atoms with Gasteiger partial charge in [0.05, 0.1) is 5.69 Å². The summed E-state index contributed by atoms with van der Waals surface area (Å²) in [6.45, 7) is 5.40. The fourth-order valence-corrected chi connectivity index (χ4v) is 1.77. The Morgan fingerprint density at radius 2 is 2.24 bits per heavy atom. The molecule has 0 aromatic carbocycles. The summed E-state index contributed by atoms with van der Waals surface area (Å²) in [6, 6.07) is 1.86. The van der Waals surface area contributed by atoms with E-state index in [1.807, 2.05) is 19.9 Å². The smallest absolute Gasteiger partial charge is 0.269 e. The molecule has 0 saturated carbocycles. The van der Waals surface area contributed by atoms with Crippen LogP contribution in [0.25, 0.3) is 0 Å². The second-order valence-electron chi connectivity index (χ2n) is 3.84. The summed E-state index contributed by atoms with van der Waals surface area (Å²) in [5.41, 5.74) is 1.60. The number of nitrogens with zero attached hydrogens (tertiary/aromatic N) is 2. The highest BCUT2D eigenvalue weighted by atomic mass is 35.5. The number of amides is 1. The molecule has 0 bridgehead atoms. The molecule has 0 saturated heterocycles. The van der Waals surface area contributed by atoms with Crippen LogP contribution in [-0.2, 0) is 13.0 Å². The Balaban J connectivity index is 2.58. The number of nitrogens with one attached hydrogen (secondary N) is 1. The van der Waals surface area contributed by atoms with Crippen molar-refractivity contribution in [3.63, 3.8) is 0 Å². The molecule has 0 radical (unpaired) electrons. The number of aromatic nitrogens is 2. The highest BCUT2D eigenvalue weighted by Crippen LogP contribution is 2.05. The number of halogens is 1. The largest absolute Gasteiger partial charge is 0.351 e. The van der Waals surface area contributed by atoms with E-state index < -0.39 is 0 Å². The average molecular weight is 258 g/mol. The van der Waals surface area contributed by atoms with E-state index in [9.17, 15) is 4.79 Å². The number of carbonyl (C=O) groups is 1. The van der Waals surface area contributed by atoms with Gasteiger partial charge in [0.2, 0.25) is 0 Å². The fourth-order valence-electron chi connectivity index (χ4n) is 1.58. The van der Waals surface area contributed by atoms with Crippen LogP contribution >= 0.6 is 11.6 Å². The van der Waals surface area contributed by atoms with Crippen LogP contribution in [0.1, 0.15) is 42.9 Å². The number of carbonyl (C=O) groups excluding carboxylic acids is 1. The lowest BCUT2D eigenvalue weighted by Gasteiger charge is -2.05. The second kappa shape index (κ2) is 7.33. The van der Waals surface area contributed by atoms with Gasteiger partial charge in [0.25, 0.3) is 5.91 Å². The van der Waals surface area contributed by atoms with Gasteiger partial charge in [0.1, 0.15) is 5.69 Å². The van der Waals surface area contributed by atoms with E-state index in [2.05, 4.69) is 10.4 Å². The highest BCUT2D eigenvalue weighted by molar-refractivity contribution is 6.17. The second-order valence-corrected chi connectivity index (χ2v) is 4.22. The Labute approximate surface area is 107 Å². The molecular formula is C12H20ClN3O. The zero-order valence-corrected chi connectivity index (χ0v) is 11.3. The summed E-state index contributed by atoms with van der Waals surface area (Å²) in [5, 5.41) is 7.23. The summed E-state index contributed by atoms with van der Waals surface area (Å²) < 4.78 is 1.75. The van der Waals surface area contributed by atoms with Gasteiger partial charge < -0.3 is 5.32 Å². The maximum Gasteiger partial charge on any atom is 0.269 e. The van der Waals surface area contributed by atoms with Gasteiger partial charge in [0, 0.05) is 19.0 Å². The maximum absolute atomic E-state index is 11.9. The number of alkyl halides is 1. The molecule has 1 N–H and O–H groups in total. The lowest BCUT2D eigenvalue weighted by molar-refractivity contribution is 0.0942. The van der Waals surface area contributed by atoms with Crippen LogP contribution in [0.4, 0.5) is 0 Å². The zero-order chi connectivity index (χ0) is 12.7. The molecule has 0 fully saturated rings. The van der Waals surface area contributed by atoms with Gasteiger partial charge in [0.15, 0.2) is 0 Å². The summed E-state index contributed by atoms with van der Waals surface area (Å²) >= 11 is 5.58. The van der Waals surface area contributed by atoms with Crippen LogP contribution in [0, 0.1) is 0 Å². The average Bonchev–Trinajstić information content (AvgIpc) is 2.77. The highest BCUT2D eigenvalue weighted by Gasteiger charge is 2.12. The molecule has 1 amide bonds. The topological polar surface area (TPSA) is 46.9 Å². The number of aryl methyl sites for hydroxylation is 2. The first-order chi connectivity index (χ1) is 8.22. The minimum absolute atomic E-state index is 0.0476. The summed E-state index contributed by atoms with van der Waals surface area (Å²) in [4.78, 5) is 11.9. The van der Waals surface area contributed by atoms with Crippen molar-refractivity contribution in [1.29, 1.82) is 0 Å². The first-order valence-corrected chi connectivity index (χ1v) is 6.67. The monoisotopic (exact) mass is 257 g/mol. The summed E-state index contributed by atoms with van der Waals surface area (Å²) in [5.74, 6) is 0.594. The lowest BCUT2D eigenvalue weighted by atomic mass is 10.3. The summed E-state index contributed by atoms with van der Waals surface area (Å²) in [6.07, 6.45) is 2.69. The van der Waals surface area contributed by atoms with Crippen molar-refractivity contribution in [1.82, 2.24) is 15.1 Å². The van der Waals surface area contributed by atoms with E-state index in [1.54, 1.807) is 4.68 Å². The zero-order valence-electron chi connectivity index (χ0n) is 10.5. The van der Waals surface area contributed by atoms with Crippen LogP contribution in [0.5, 0.6) is 0 Å².